The quantitative estimate of drug-likeness (QED) is 0.844. The van der Waals surface area contributed by atoms with Gasteiger partial charge in [-0.2, -0.15) is 0 Å². The topological polar surface area (TPSA) is 21.3 Å². The highest BCUT2D eigenvalue weighted by Gasteiger charge is 2.16. The third-order valence-electron chi connectivity index (χ3n) is 3.66. The minimum atomic E-state index is 0.709. The first kappa shape index (κ1) is 12.4. The second-order valence-corrected chi connectivity index (χ2v) is 5.31. The van der Waals surface area contributed by atoms with Gasteiger partial charge in [0.25, 0.3) is 0 Å². The molecule has 17 heavy (non-hydrogen) atoms. The summed E-state index contributed by atoms with van der Waals surface area (Å²) in [4.78, 5) is 0. The Labute approximate surface area is 104 Å². The standard InChI is InChI=1S/C15H23NO/c1-11(2)14(10-16-3)9-12-4-5-15-13(8-12)6-7-17-15/h4-5,8,11,14,16H,6-7,9-10H2,1-3H3. The molecule has 1 atom stereocenters. The lowest BCUT2D eigenvalue weighted by Crippen LogP contribution is -2.25. The molecule has 0 radical (unpaired) electrons. The van der Waals surface area contributed by atoms with Crippen LogP contribution in [0.1, 0.15) is 25.0 Å². The molecule has 2 heteroatoms. The molecule has 0 amide bonds. The Kier molecular flexibility index (Phi) is 4.06. The van der Waals surface area contributed by atoms with Crippen LogP contribution < -0.4 is 10.1 Å². The van der Waals surface area contributed by atoms with Gasteiger partial charge < -0.3 is 10.1 Å². The van der Waals surface area contributed by atoms with Gasteiger partial charge in [0.1, 0.15) is 5.75 Å². The van der Waals surface area contributed by atoms with Gasteiger partial charge in [0.15, 0.2) is 0 Å². The molecule has 1 aliphatic heterocycles. The van der Waals surface area contributed by atoms with Crippen molar-refractivity contribution in [2.24, 2.45) is 11.8 Å². The van der Waals surface area contributed by atoms with E-state index in [1.165, 1.54) is 11.1 Å². The van der Waals surface area contributed by atoms with Crippen LogP contribution in [0, 0.1) is 11.8 Å². The molecule has 94 valence electrons. The van der Waals surface area contributed by atoms with E-state index in [0.29, 0.717) is 11.8 Å². The lowest BCUT2D eigenvalue weighted by atomic mass is 9.88. The van der Waals surface area contributed by atoms with Crippen molar-refractivity contribution in [1.82, 2.24) is 5.32 Å². The van der Waals surface area contributed by atoms with Crippen LogP contribution >= 0.6 is 0 Å². The molecular weight excluding hydrogens is 210 g/mol. The summed E-state index contributed by atoms with van der Waals surface area (Å²) in [5.41, 5.74) is 2.83. The maximum absolute atomic E-state index is 5.54. The van der Waals surface area contributed by atoms with Gasteiger partial charge in [-0.15, -0.1) is 0 Å². The minimum absolute atomic E-state index is 0.709. The van der Waals surface area contributed by atoms with Crippen molar-refractivity contribution in [1.29, 1.82) is 0 Å². The van der Waals surface area contributed by atoms with Gasteiger partial charge in [0.2, 0.25) is 0 Å². The molecule has 1 unspecified atom stereocenters. The average molecular weight is 233 g/mol. The summed E-state index contributed by atoms with van der Waals surface area (Å²) in [7, 11) is 2.03. The van der Waals surface area contributed by atoms with Crippen molar-refractivity contribution < 1.29 is 4.74 Å². The van der Waals surface area contributed by atoms with Crippen molar-refractivity contribution in [2.75, 3.05) is 20.2 Å². The van der Waals surface area contributed by atoms with Gasteiger partial charge in [-0.1, -0.05) is 26.0 Å². The summed E-state index contributed by atoms with van der Waals surface area (Å²) in [5.74, 6) is 2.51. The van der Waals surface area contributed by atoms with Crippen LogP contribution in [0.3, 0.4) is 0 Å². The van der Waals surface area contributed by atoms with E-state index in [-0.39, 0.29) is 0 Å². The van der Waals surface area contributed by atoms with Crippen molar-refractivity contribution in [3.63, 3.8) is 0 Å². The molecule has 0 fully saturated rings. The van der Waals surface area contributed by atoms with Crippen LogP contribution in [0.15, 0.2) is 18.2 Å². The second kappa shape index (κ2) is 5.54. The van der Waals surface area contributed by atoms with Crippen molar-refractivity contribution >= 4 is 0 Å². The van der Waals surface area contributed by atoms with E-state index in [4.69, 9.17) is 4.74 Å². The summed E-state index contributed by atoms with van der Waals surface area (Å²) in [6.07, 6.45) is 2.23. The van der Waals surface area contributed by atoms with Crippen LogP contribution in [-0.2, 0) is 12.8 Å². The molecule has 1 N–H and O–H groups in total. The lowest BCUT2D eigenvalue weighted by Gasteiger charge is -2.20. The number of hydrogen-bond acceptors (Lipinski definition) is 2. The molecule has 0 saturated carbocycles. The number of fused-ring (bicyclic) bond motifs is 1. The summed E-state index contributed by atoms with van der Waals surface area (Å²) in [5, 5.41) is 3.30. The van der Waals surface area contributed by atoms with Gasteiger partial charge in [0.05, 0.1) is 6.61 Å². The van der Waals surface area contributed by atoms with Gasteiger partial charge >= 0.3 is 0 Å². The van der Waals surface area contributed by atoms with E-state index in [2.05, 4.69) is 37.4 Å². The number of benzene rings is 1. The molecule has 1 heterocycles. The molecule has 0 aromatic heterocycles. The van der Waals surface area contributed by atoms with Crippen LogP contribution in [0.5, 0.6) is 5.75 Å². The molecule has 2 rings (SSSR count). The van der Waals surface area contributed by atoms with Crippen molar-refractivity contribution in [3.05, 3.63) is 29.3 Å². The Morgan fingerprint density at radius 3 is 2.88 bits per heavy atom. The highest BCUT2D eigenvalue weighted by atomic mass is 16.5. The number of ether oxygens (including phenoxy) is 1. The van der Waals surface area contributed by atoms with Crippen LogP contribution in [0.4, 0.5) is 0 Å². The SMILES string of the molecule is CNCC(Cc1ccc2c(c1)CCO2)C(C)C. The Balaban J connectivity index is 2.07. The molecule has 0 aliphatic carbocycles. The fourth-order valence-corrected chi connectivity index (χ4v) is 2.48. The molecule has 0 saturated heterocycles. The molecule has 1 aromatic carbocycles. The van der Waals surface area contributed by atoms with E-state index < -0.39 is 0 Å². The summed E-state index contributed by atoms with van der Waals surface area (Å²) in [6, 6.07) is 6.68. The first-order valence-corrected chi connectivity index (χ1v) is 6.60. The molecule has 1 aromatic rings. The number of nitrogens with one attached hydrogen (secondary N) is 1. The zero-order valence-corrected chi connectivity index (χ0v) is 11.1. The fourth-order valence-electron chi connectivity index (χ4n) is 2.48. The van der Waals surface area contributed by atoms with E-state index in [1.54, 1.807) is 0 Å². The van der Waals surface area contributed by atoms with E-state index in [1.807, 2.05) is 7.05 Å². The second-order valence-electron chi connectivity index (χ2n) is 5.31. The Morgan fingerprint density at radius 2 is 2.18 bits per heavy atom. The predicted molar refractivity (Wildman–Crippen MR) is 71.6 cm³/mol. The maximum Gasteiger partial charge on any atom is 0.122 e. The largest absolute Gasteiger partial charge is 0.493 e. The zero-order chi connectivity index (χ0) is 12.3. The lowest BCUT2D eigenvalue weighted by molar-refractivity contribution is 0.356. The molecule has 2 nitrogen and oxygen atoms in total. The van der Waals surface area contributed by atoms with Gasteiger partial charge in [-0.05, 0) is 49.0 Å². The predicted octanol–water partition coefficient (Wildman–Crippen LogP) is 2.66. The minimum Gasteiger partial charge on any atom is -0.493 e. The zero-order valence-electron chi connectivity index (χ0n) is 11.1. The van der Waals surface area contributed by atoms with E-state index in [9.17, 15) is 0 Å². The van der Waals surface area contributed by atoms with Gasteiger partial charge in [-0.25, -0.2) is 0 Å². The normalized spacial score (nSPS) is 15.8. The summed E-state index contributed by atoms with van der Waals surface area (Å²) >= 11 is 0. The first-order valence-electron chi connectivity index (χ1n) is 6.60. The first-order chi connectivity index (χ1) is 8.20. The average Bonchev–Trinajstić information content (AvgIpc) is 2.75. The van der Waals surface area contributed by atoms with Crippen molar-refractivity contribution in [2.45, 2.75) is 26.7 Å². The van der Waals surface area contributed by atoms with Crippen LogP contribution in [-0.4, -0.2) is 20.2 Å². The third-order valence-corrected chi connectivity index (χ3v) is 3.66. The number of hydrogen-bond donors (Lipinski definition) is 1. The number of rotatable bonds is 5. The van der Waals surface area contributed by atoms with Crippen LogP contribution in [0.25, 0.3) is 0 Å². The van der Waals surface area contributed by atoms with E-state index in [0.717, 1.165) is 31.7 Å². The highest BCUT2D eigenvalue weighted by Crippen LogP contribution is 2.27. The maximum atomic E-state index is 5.54. The molecule has 0 spiro atoms. The highest BCUT2D eigenvalue weighted by molar-refractivity contribution is 5.39. The molecular formula is C15H23NO. The summed E-state index contributed by atoms with van der Waals surface area (Å²) in [6.45, 7) is 6.55. The van der Waals surface area contributed by atoms with E-state index >= 15 is 0 Å². The molecule has 1 aliphatic rings. The summed E-state index contributed by atoms with van der Waals surface area (Å²) < 4.78 is 5.54. The Hall–Kier alpha value is -1.02. The van der Waals surface area contributed by atoms with Crippen LogP contribution in [0.2, 0.25) is 0 Å². The van der Waals surface area contributed by atoms with Gasteiger partial charge in [0, 0.05) is 6.42 Å². The fraction of sp³-hybridized carbons (Fsp3) is 0.600. The smallest absolute Gasteiger partial charge is 0.122 e. The Bertz CT molecular complexity index is 373. The third kappa shape index (κ3) is 3.01. The Morgan fingerprint density at radius 1 is 1.35 bits per heavy atom. The monoisotopic (exact) mass is 233 g/mol. The van der Waals surface area contributed by atoms with Crippen molar-refractivity contribution in [3.8, 4) is 5.75 Å². The molecule has 0 bridgehead atoms. The van der Waals surface area contributed by atoms with Gasteiger partial charge in [-0.3, -0.25) is 0 Å².